The summed E-state index contributed by atoms with van der Waals surface area (Å²) in [7, 11) is 5.96. The van der Waals surface area contributed by atoms with Gasteiger partial charge in [0.25, 0.3) is 11.7 Å². The Morgan fingerprint density at radius 3 is 2.00 bits per heavy atom. The lowest BCUT2D eigenvalue weighted by molar-refractivity contribution is -0.139. The van der Waals surface area contributed by atoms with Crippen molar-refractivity contribution in [3.05, 3.63) is 82.9 Å². The van der Waals surface area contributed by atoms with Crippen LogP contribution in [0.1, 0.15) is 22.7 Å². The number of ether oxygens (including phenoxy) is 4. The molecule has 1 aliphatic heterocycles. The first-order valence-electron chi connectivity index (χ1n) is 11.8. The third kappa shape index (κ3) is 4.82. The molecule has 1 unspecified atom stereocenters. The molecule has 0 aliphatic carbocycles. The highest BCUT2D eigenvalue weighted by Crippen LogP contribution is 2.43. The lowest BCUT2D eigenvalue weighted by Crippen LogP contribution is -2.31. The molecule has 9 nitrogen and oxygen atoms in total. The average Bonchev–Trinajstić information content (AvgIpc) is 3.20. The first kappa shape index (κ1) is 26.4. The molecule has 1 atom stereocenters. The van der Waals surface area contributed by atoms with E-state index in [0.29, 0.717) is 23.5 Å². The molecule has 0 saturated carbocycles. The zero-order chi connectivity index (χ0) is 27.4. The highest BCUT2D eigenvalue weighted by atomic mass is 16.5. The fourth-order valence-electron chi connectivity index (χ4n) is 4.62. The summed E-state index contributed by atoms with van der Waals surface area (Å²) in [6.45, 7) is 0.172. The number of Topliss-reactive ketones (excluding diaryl/α,β-unsaturated/α-hetero) is 1. The number of aliphatic hydroxyl groups is 1. The highest BCUT2D eigenvalue weighted by Gasteiger charge is 2.46. The molecule has 38 heavy (non-hydrogen) atoms. The largest absolute Gasteiger partial charge is 0.508 e. The van der Waals surface area contributed by atoms with Crippen LogP contribution in [0, 0.1) is 0 Å². The standard InChI is InChI=1S/C29H29NO8/c1-35-20-13-8-17(16-23(20)38-4)14-15-30-26(18-9-11-19(31)12-10-18)25(28(33)29(30)34)27(32)24-21(36-2)6-5-7-22(24)37-3/h5-13,16,26,31-32H,14-15H2,1-4H3/b27-25+. The summed E-state index contributed by atoms with van der Waals surface area (Å²) in [5.74, 6) is -0.283. The van der Waals surface area contributed by atoms with E-state index in [2.05, 4.69) is 0 Å². The maximum absolute atomic E-state index is 13.4. The number of methoxy groups -OCH3 is 4. The van der Waals surface area contributed by atoms with Crippen molar-refractivity contribution in [3.8, 4) is 28.7 Å². The Labute approximate surface area is 220 Å². The molecule has 1 heterocycles. The van der Waals surface area contributed by atoms with Gasteiger partial charge in [-0.25, -0.2) is 0 Å². The number of ketones is 1. The minimum absolute atomic E-state index is 0.0300. The summed E-state index contributed by atoms with van der Waals surface area (Å²) >= 11 is 0. The number of likely N-dealkylation sites (tertiary alicyclic amines) is 1. The number of hydrogen-bond donors (Lipinski definition) is 2. The fraction of sp³-hybridized carbons (Fsp3) is 0.241. The Hall–Kier alpha value is -4.66. The normalized spacial score (nSPS) is 16.4. The van der Waals surface area contributed by atoms with Crippen molar-refractivity contribution >= 4 is 17.4 Å². The summed E-state index contributed by atoms with van der Waals surface area (Å²) in [6, 6.07) is 15.6. The summed E-state index contributed by atoms with van der Waals surface area (Å²) in [5, 5.41) is 21.3. The van der Waals surface area contributed by atoms with Crippen molar-refractivity contribution in [1.29, 1.82) is 0 Å². The second-order valence-electron chi connectivity index (χ2n) is 8.56. The van der Waals surface area contributed by atoms with Crippen molar-refractivity contribution in [2.45, 2.75) is 12.5 Å². The zero-order valence-corrected chi connectivity index (χ0v) is 21.6. The molecule has 1 saturated heterocycles. The quantitative estimate of drug-likeness (QED) is 0.247. The molecule has 198 valence electrons. The summed E-state index contributed by atoms with van der Waals surface area (Å²) in [6.07, 6.45) is 0.403. The Kier molecular flexibility index (Phi) is 7.76. The Bertz CT molecular complexity index is 1360. The number of phenolic OH excluding ortho intramolecular Hbond substituents is 1. The minimum Gasteiger partial charge on any atom is -0.508 e. The van der Waals surface area contributed by atoms with E-state index in [9.17, 15) is 19.8 Å². The van der Waals surface area contributed by atoms with Crippen molar-refractivity contribution in [3.63, 3.8) is 0 Å². The first-order chi connectivity index (χ1) is 18.3. The lowest BCUT2D eigenvalue weighted by Gasteiger charge is -2.26. The number of benzene rings is 3. The van der Waals surface area contributed by atoms with Crippen molar-refractivity contribution in [1.82, 2.24) is 4.90 Å². The van der Waals surface area contributed by atoms with E-state index < -0.39 is 23.5 Å². The highest BCUT2D eigenvalue weighted by molar-refractivity contribution is 6.46. The summed E-state index contributed by atoms with van der Waals surface area (Å²) in [4.78, 5) is 28.1. The van der Waals surface area contributed by atoms with Gasteiger partial charge in [-0.05, 0) is 53.9 Å². The van der Waals surface area contributed by atoms with E-state index in [-0.39, 0.29) is 34.9 Å². The van der Waals surface area contributed by atoms with Crippen molar-refractivity contribution in [2.24, 2.45) is 0 Å². The maximum Gasteiger partial charge on any atom is 0.295 e. The Balaban J connectivity index is 1.81. The molecule has 9 heteroatoms. The topological polar surface area (TPSA) is 115 Å². The number of aliphatic hydroxyl groups excluding tert-OH is 1. The van der Waals surface area contributed by atoms with Crippen LogP contribution < -0.4 is 18.9 Å². The Morgan fingerprint density at radius 1 is 0.816 bits per heavy atom. The minimum atomic E-state index is -0.912. The molecular formula is C29H29NO8. The van der Waals surface area contributed by atoms with E-state index in [0.717, 1.165) is 5.56 Å². The van der Waals surface area contributed by atoms with Crippen LogP contribution in [0.4, 0.5) is 0 Å². The average molecular weight is 520 g/mol. The predicted octanol–water partition coefficient (Wildman–Crippen LogP) is 4.09. The fourth-order valence-corrected chi connectivity index (χ4v) is 4.62. The molecule has 0 bridgehead atoms. The monoisotopic (exact) mass is 519 g/mol. The SMILES string of the molecule is COc1ccc(CCN2C(=O)C(=O)/C(=C(/O)c3c(OC)cccc3OC)C2c2ccc(O)cc2)cc1OC. The molecule has 2 N–H and O–H groups in total. The van der Waals surface area contributed by atoms with Crippen LogP contribution >= 0.6 is 0 Å². The third-order valence-corrected chi connectivity index (χ3v) is 6.50. The molecule has 0 spiro atoms. The second kappa shape index (κ2) is 11.2. The van der Waals surface area contributed by atoms with Crippen LogP contribution in [-0.2, 0) is 16.0 Å². The number of rotatable bonds is 9. The summed E-state index contributed by atoms with van der Waals surface area (Å²) in [5.41, 5.74) is 1.47. The van der Waals surface area contributed by atoms with Gasteiger partial charge in [0.05, 0.1) is 40.1 Å². The molecule has 3 aromatic carbocycles. The van der Waals surface area contributed by atoms with Crippen LogP contribution in [0.3, 0.4) is 0 Å². The molecule has 0 radical (unpaired) electrons. The predicted molar refractivity (Wildman–Crippen MR) is 140 cm³/mol. The van der Waals surface area contributed by atoms with Crippen molar-refractivity contribution < 1.29 is 38.7 Å². The van der Waals surface area contributed by atoms with Gasteiger partial charge in [-0.3, -0.25) is 9.59 Å². The molecule has 4 rings (SSSR count). The van der Waals surface area contributed by atoms with Crippen LogP contribution in [0.15, 0.2) is 66.2 Å². The van der Waals surface area contributed by atoms with Crippen LogP contribution in [0.25, 0.3) is 5.76 Å². The van der Waals surface area contributed by atoms with Gasteiger partial charge in [0, 0.05) is 6.54 Å². The molecule has 3 aromatic rings. The molecule has 1 aliphatic rings. The number of carbonyl (C=O) groups excluding carboxylic acids is 2. The molecule has 0 aromatic heterocycles. The smallest absolute Gasteiger partial charge is 0.295 e. The van der Waals surface area contributed by atoms with Gasteiger partial charge in [0.15, 0.2) is 11.5 Å². The van der Waals surface area contributed by atoms with Gasteiger partial charge in [-0.2, -0.15) is 0 Å². The van der Waals surface area contributed by atoms with E-state index in [1.807, 2.05) is 12.1 Å². The number of hydrogen-bond acceptors (Lipinski definition) is 8. The van der Waals surface area contributed by atoms with Gasteiger partial charge < -0.3 is 34.1 Å². The number of amides is 1. The zero-order valence-electron chi connectivity index (χ0n) is 21.6. The van der Waals surface area contributed by atoms with Crippen LogP contribution in [-0.4, -0.2) is 61.8 Å². The van der Waals surface area contributed by atoms with Crippen LogP contribution in [0.5, 0.6) is 28.7 Å². The van der Waals surface area contributed by atoms with E-state index in [1.54, 1.807) is 43.5 Å². The van der Waals surface area contributed by atoms with Crippen molar-refractivity contribution in [2.75, 3.05) is 35.0 Å². The number of carbonyl (C=O) groups is 2. The third-order valence-electron chi connectivity index (χ3n) is 6.50. The van der Waals surface area contributed by atoms with E-state index >= 15 is 0 Å². The van der Waals surface area contributed by atoms with Gasteiger partial charge in [0.2, 0.25) is 0 Å². The van der Waals surface area contributed by atoms with Gasteiger partial charge in [-0.1, -0.05) is 24.3 Å². The number of nitrogens with zero attached hydrogens (tertiary/aromatic N) is 1. The molecule has 1 amide bonds. The van der Waals surface area contributed by atoms with Gasteiger partial charge in [0.1, 0.15) is 28.6 Å². The molecular weight excluding hydrogens is 490 g/mol. The van der Waals surface area contributed by atoms with E-state index in [4.69, 9.17) is 18.9 Å². The lowest BCUT2D eigenvalue weighted by atomic mass is 9.94. The van der Waals surface area contributed by atoms with Gasteiger partial charge in [-0.15, -0.1) is 0 Å². The Morgan fingerprint density at radius 2 is 1.42 bits per heavy atom. The maximum atomic E-state index is 13.4. The first-order valence-corrected chi connectivity index (χ1v) is 11.8. The van der Waals surface area contributed by atoms with Gasteiger partial charge >= 0.3 is 0 Å². The van der Waals surface area contributed by atoms with E-state index in [1.165, 1.54) is 38.4 Å². The summed E-state index contributed by atoms with van der Waals surface area (Å²) < 4.78 is 21.5. The molecule has 1 fully saturated rings. The second-order valence-corrected chi connectivity index (χ2v) is 8.56. The number of phenols is 1. The number of aromatic hydroxyl groups is 1. The van der Waals surface area contributed by atoms with Crippen LogP contribution in [0.2, 0.25) is 0 Å².